The van der Waals surface area contributed by atoms with Gasteiger partial charge >= 0.3 is 23.9 Å². The summed E-state index contributed by atoms with van der Waals surface area (Å²) in [5, 5.41) is 0. The Labute approximate surface area is 60.3 Å². The molecule has 19 valence electrons. The average molecular weight is 266 g/mol. The molecule has 4 heavy (non-hydrogen) atoms. The third kappa shape index (κ3) is 9.53. The van der Waals surface area contributed by atoms with Crippen molar-refractivity contribution in [2.45, 2.75) is 0 Å². The molecule has 0 unspecified atom stereocenters. The van der Waals surface area contributed by atoms with E-state index in [2.05, 4.69) is 0 Å². The Morgan fingerprint density at radius 3 is 0.750 bits per heavy atom. The summed E-state index contributed by atoms with van der Waals surface area (Å²) in [4.78, 5) is 0. The van der Waals surface area contributed by atoms with Crippen LogP contribution in [0.2, 0.25) is 0 Å². The molecule has 0 aromatic carbocycles. The molecular weight excluding hydrogens is 266 g/mol. The Bertz CT molecular complexity index is 6.00. The summed E-state index contributed by atoms with van der Waals surface area (Å²) in [7, 11) is 0. The van der Waals surface area contributed by atoms with E-state index >= 15 is 0 Å². The van der Waals surface area contributed by atoms with Crippen molar-refractivity contribution in [1.82, 2.24) is 0 Å². The first kappa shape index (κ1) is 46.6. The monoisotopic (exact) mass is 267 g/mol. The topological polar surface area (TPSA) is 57.0 Å². The molecule has 3 radical (unpaired) electrons. The van der Waals surface area contributed by atoms with Crippen LogP contribution in [0.4, 0.5) is 0 Å². The van der Waals surface area contributed by atoms with E-state index in [-0.39, 0.29) is 60.7 Å². The Morgan fingerprint density at radius 2 is 0.750 bits per heavy atom. The maximum Gasteiger partial charge on any atom is 4.00 e. The van der Waals surface area contributed by atoms with Gasteiger partial charge in [-0.1, -0.05) is 0 Å². The maximum atomic E-state index is 0. The predicted molar refractivity (Wildman–Crippen MR) is 12.9 cm³/mol. The van der Waals surface area contributed by atoms with Crippen molar-refractivity contribution in [1.29, 1.82) is 0 Å². The van der Waals surface area contributed by atoms with Gasteiger partial charge in [-0.2, -0.15) is 0 Å². The fourth-order valence-electron chi connectivity index (χ4n) is 0. The predicted octanol–water partition coefficient (Wildman–Crippen LogP) is -0.999. The molecule has 0 aliphatic carbocycles. The summed E-state index contributed by atoms with van der Waals surface area (Å²) in [6.45, 7) is 0. The Kier molecular flexibility index (Phi) is 273. The SMILES string of the molecule is [In].[O-2].[O-2].[Sn+4]. The van der Waals surface area contributed by atoms with Gasteiger partial charge in [-0.25, -0.2) is 0 Å². The van der Waals surface area contributed by atoms with Gasteiger partial charge in [0, 0.05) is 25.8 Å². The van der Waals surface area contributed by atoms with Crippen LogP contribution in [0.15, 0.2) is 0 Å². The second-order valence-corrected chi connectivity index (χ2v) is 0. The normalized spacial score (nSPS) is 0. The summed E-state index contributed by atoms with van der Waals surface area (Å²) in [5.74, 6) is 0. The van der Waals surface area contributed by atoms with E-state index in [0.29, 0.717) is 0 Å². The number of hydrogen-bond acceptors (Lipinski definition) is 0. The van der Waals surface area contributed by atoms with Crippen LogP contribution in [-0.4, -0.2) is 49.8 Å². The molecule has 0 spiro atoms. The molecule has 0 bridgehead atoms. The Hall–Kier alpha value is 1.59. The molecule has 0 fully saturated rings. The zero-order chi connectivity index (χ0) is 0. The number of hydrogen-bond donors (Lipinski definition) is 0. The number of rotatable bonds is 0. The Balaban J connectivity index is 0. The summed E-state index contributed by atoms with van der Waals surface area (Å²) in [6, 6.07) is 0. The van der Waals surface area contributed by atoms with Gasteiger partial charge in [0.1, 0.15) is 0 Å². The molecule has 0 aliphatic rings. The summed E-state index contributed by atoms with van der Waals surface area (Å²) in [6.07, 6.45) is 0. The van der Waals surface area contributed by atoms with E-state index in [9.17, 15) is 0 Å². The molecule has 0 rings (SSSR count). The van der Waals surface area contributed by atoms with Crippen molar-refractivity contribution in [3.63, 3.8) is 0 Å². The quantitative estimate of drug-likeness (QED) is 0.505. The molecule has 0 aromatic rings. The molecule has 0 atom stereocenters. The van der Waals surface area contributed by atoms with E-state index in [1.54, 1.807) is 0 Å². The average Bonchev–Trinajstić information content (AvgIpc) is 0. The zero-order valence-electron chi connectivity index (χ0n) is 1.89. The molecule has 0 saturated heterocycles. The molecule has 0 amide bonds. The molecule has 0 aromatic heterocycles. The molecule has 0 heterocycles. The third-order valence-electron chi connectivity index (χ3n) is 0. The van der Waals surface area contributed by atoms with Crippen LogP contribution in [0.5, 0.6) is 0 Å². The van der Waals surface area contributed by atoms with Crippen LogP contribution in [0.1, 0.15) is 0 Å². The van der Waals surface area contributed by atoms with Gasteiger partial charge in [-0.05, 0) is 0 Å². The third-order valence-corrected chi connectivity index (χ3v) is 0. The molecule has 0 saturated carbocycles. The van der Waals surface area contributed by atoms with E-state index in [1.807, 2.05) is 0 Å². The zero-order valence-corrected chi connectivity index (χ0v) is 8.04. The molecule has 0 N–H and O–H groups in total. The summed E-state index contributed by atoms with van der Waals surface area (Å²) >= 11 is 0. The second kappa shape index (κ2) is 23.4. The molecular formula is InO2Sn. The first-order valence-electron chi connectivity index (χ1n) is 0. The largest absolute Gasteiger partial charge is 4.00 e. The fourth-order valence-corrected chi connectivity index (χ4v) is 0. The second-order valence-electron chi connectivity index (χ2n) is 0. The van der Waals surface area contributed by atoms with Gasteiger partial charge < -0.3 is 11.0 Å². The first-order chi connectivity index (χ1) is 0. The van der Waals surface area contributed by atoms with Gasteiger partial charge in [0.2, 0.25) is 0 Å². The van der Waals surface area contributed by atoms with Gasteiger partial charge in [0.15, 0.2) is 0 Å². The standard InChI is InChI=1S/In.2O.Sn/q;2*-2;+4. The van der Waals surface area contributed by atoms with Gasteiger partial charge in [0.25, 0.3) is 0 Å². The van der Waals surface area contributed by atoms with Gasteiger partial charge in [0.05, 0.1) is 0 Å². The van der Waals surface area contributed by atoms with Crippen molar-refractivity contribution >= 4 is 49.8 Å². The van der Waals surface area contributed by atoms with Crippen LogP contribution >= 0.6 is 0 Å². The van der Waals surface area contributed by atoms with Crippen LogP contribution in [0, 0.1) is 0 Å². The van der Waals surface area contributed by atoms with Crippen molar-refractivity contribution in [3.8, 4) is 0 Å². The van der Waals surface area contributed by atoms with Crippen LogP contribution in [0.3, 0.4) is 0 Å². The van der Waals surface area contributed by atoms with E-state index in [1.165, 1.54) is 0 Å². The van der Waals surface area contributed by atoms with E-state index in [0.717, 1.165) is 0 Å². The van der Waals surface area contributed by atoms with Crippen LogP contribution in [0.25, 0.3) is 0 Å². The van der Waals surface area contributed by atoms with Crippen molar-refractivity contribution in [2.75, 3.05) is 0 Å². The minimum absolute atomic E-state index is 0. The summed E-state index contributed by atoms with van der Waals surface area (Å²) < 4.78 is 0. The molecule has 2 nitrogen and oxygen atoms in total. The first-order valence-corrected chi connectivity index (χ1v) is 0. The van der Waals surface area contributed by atoms with Crippen molar-refractivity contribution in [2.24, 2.45) is 0 Å². The Morgan fingerprint density at radius 1 is 0.750 bits per heavy atom. The van der Waals surface area contributed by atoms with E-state index < -0.39 is 0 Å². The fraction of sp³-hybridized carbons (Fsp3) is 0. The van der Waals surface area contributed by atoms with Crippen molar-refractivity contribution < 1.29 is 11.0 Å². The maximum absolute atomic E-state index is 0. The summed E-state index contributed by atoms with van der Waals surface area (Å²) in [5.41, 5.74) is 0. The van der Waals surface area contributed by atoms with Gasteiger partial charge in [-0.3, -0.25) is 0 Å². The van der Waals surface area contributed by atoms with Crippen LogP contribution in [-0.2, 0) is 11.0 Å². The minimum Gasteiger partial charge on any atom is -2.00 e. The van der Waals surface area contributed by atoms with Crippen molar-refractivity contribution in [3.05, 3.63) is 0 Å². The minimum atomic E-state index is 0. The van der Waals surface area contributed by atoms with E-state index in [4.69, 9.17) is 0 Å². The van der Waals surface area contributed by atoms with Crippen LogP contribution < -0.4 is 0 Å². The van der Waals surface area contributed by atoms with Gasteiger partial charge in [-0.15, -0.1) is 0 Å². The molecule has 4 heteroatoms. The smallest absolute Gasteiger partial charge is 2.00 e. The molecule has 0 aliphatic heterocycles.